The molecular formula is C35H24N2. The van der Waals surface area contributed by atoms with E-state index in [0.717, 1.165) is 0 Å². The number of fused-ring (bicyclic) bond motifs is 7. The van der Waals surface area contributed by atoms with Gasteiger partial charge in [0.15, 0.2) is 0 Å². The summed E-state index contributed by atoms with van der Waals surface area (Å²) in [6.45, 7) is 0. The van der Waals surface area contributed by atoms with Crippen molar-refractivity contribution < 1.29 is 0 Å². The van der Waals surface area contributed by atoms with Gasteiger partial charge in [0.05, 0.1) is 11.0 Å². The number of aromatic nitrogens is 2. The Bertz CT molecular complexity index is 2140. The highest BCUT2D eigenvalue weighted by atomic mass is 15.0. The van der Waals surface area contributed by atoms with Crippen molar-refractivity contribution in [3.63, 3.8) is 0 Å². The zero-order valence-electron chi connectivity index (χ0n) is 20.5. The number of aryl methyl sites for hydroxylation is 1. The summed E-state index contributed by atoms with van der Waals surface area (Å²) in [6.07, 6.45) is 0. The summed E-state index contributed by atoms with van der Waals surface area (Å²) in [6, 6.07) is 46.4. The minimum absolute atomic E-state index is 1.18. The molecule has 174 valence electrons. The first-order valence-electron chi connectivity index (χ1n) is 12.8. The van der Waals surface area contributed by atoms with Crippen molar-refractivity contribution in [2.24, 2.45) is 7.05 Å². The molecule has 0 saturated carbocycles. The van der Waals surface area contributed by atoms with Crippen molar-refractivity contribution in [2.75, 3.05) is 0 Å². The van der Waals surface area contributed by atoms with Gasteiger partial charge in [-0.1, -0.05) is 84.9 Å². The molecule has 0 atom stereocenters. The van der Waals surface area contributed by atoms with Crippen LogP contribution in [0.3, 0.4) is 0 Å². The third-order valence-electron chi connectivity index (χ3n) is 7.90. The van der Waals surface area contributed by atoms with E-state index in [-0.39, 0.29) is 0 Å². The lowest BCUT2D eigenvalue weighted by molar-refractivity contribution is 1.02. The van der Waals surface area contributed by atoms with Crippen LogP contribution in [0.1, 0.15) is 0 Å². The predicted octanol–water partition coefficient (Wildman–Crippen LogP) is 9.25. The van der Waals surface area contributed by atoms with Crippen LogP contribution in [0.4, 0.5) is 0 Å². The maximum Gasteiger partial charge on any atom is 0.0547 e. The first kappa shape index (κ1) is 20.4. The molecule has 0 aliphatic heterocycles. The molecule has 37 heavy (non-hydrogen) atoms. The smallest absolute Gasteiger partial charge is 0.0547 e. The molecule has 0 N–H and O–H groups in total. The number of hydrogen-bond donors (Lipinski definition) is 0. The Morgan fingerprint density at radius 2 is 1.16 bits per heavy atom. The van der Waals surface area contributed by atoms with Crippen LogP contribution in [0, 0.1) is 0 Å². The van der Waals surface area contributed by atoms with E-state index in [9.17, 15) is 0 Å². The molecule has 0 bridgehead atoms. The quantitative estimate of drug-likeness (QED) is 0.237. The Kier molecular flexibility index (Phi) is 4.18. The molecular weight excluding hydrogens is 448 g/mol. The fraction of sp³-hybridized carbons (Fsp3) is 0.0286. The summed E-state index contributed by atoms with van der Waals surface area (Å²) >= 11 is 0. The van der Waals surface area contributed by atoms with E-state index in [1.807, 2.05) is 0 Å². The summed E-state index contributed by atoms with van der Waals surface area (Å²) in [4.78, 5) is 0. The van der Waals surface area contributed by atoms with E-state index in [4.69, 9.17) is 0 Å². The van der Waals surface area contributed by atoms with Gasteiger partial charge in [-0.05, 0) is 64.4 Å². The highest BCUT2D eigenvalue weighted by Crippen LogP contribution is 2.40. The van der Waals surface area contributed by atoms with Gasteiger partial charge in [-0.3, -0.25) is 0 Å². The van der Waals surface area contributed by atoms with E-state index in [2.05, 4.69) is 144 Å². The summed E-state index contributed by atoms with van der Waals surface area (Å²) < 4.78 is 4.73. The van der Waals surface area contributed by atoms with Gasteiger partial charge in [-0.25, -0.2) is 0 Å². The number of para-hydroxylation sites is 2. The Labute approximate surface area is 214 Å². The molecule has 0 aliphatic carbocycles. The average molecular weight is 473 g/mol. The van der Waals surface area contributed by atoms with Gasteiger partial charge < -0.3 is 9.13 Å². The van der Waals surface area contributed by atoms with E-state index in [0.29, 0.717) is 0 Å². The molecule has 2 heterocycles. The highest BCUT2D eigenvalue weighted by molar-refractivity contribution is 6.18. The molecule has 0 amide bonds. The van der Waals surface area contributed by atoms with Gasteiger partial charge in [0, 0.05) is 45.3 Å². The van der Waals surface area contributed by atoms with Crippen molar-refractivity contribution in [1.82, 2.24) is 9.13 Å². The van der Waals surface area contributed by atoms with Gasteiger partial charge in [-0.15, -0.1) is 0 Å². The number of hydrogen-bond acceptors (Lipinski definition) is 0. The molecule has 6 aromatic carbocycles. The van der Waals surface area contributed by atoms with Crippen molar-refractivity contribution in [1.29, 1.82) is 0 Å². The van der Waals surface area contributed by atoms with Crippen LogP contribution in [-0.2, 0) is 7.05 Å². The third kappa shape index (κ3) is 2.87. The number of benzene rings is 6. The summed E-state index contributed by atoms with van der Waals surface area (Å²) in [5.41, 5.74) is 8.67. The zero-order valence-corrected chi connectivity index (χ0v) is 20.5. The molecule has 0 saturated heterocycles. The molecule has 0 radical (unpaired) electrons. The molecule has 2 nitrogen and oxygen atoms in total. The van der Waals surface area contributed by atoms with E-state index >= 15 is 0 Å². The molecule has 0 aliphatic rings. The fourth-order valence-corrected chi connectivity index (χ4v) is 6.17. The maximum absolute atomic E-state index is 2.39. The fourth-order valence-electron chi connectivity index (χ4n) is 6.17. The molecule has 0 fully saturated rings. The second-order valence-corrected chi connectivity index (χ2v) is 9.90. The Hall–Kier alpha value is -4.82. The molecule has 0 spiro atoms. The van der Waals surface area contributed by atoms with E-state index in [1.165, 1.54) is 71.2 Å². The topological polar surface area (TPSA) is 9.86 Å². The Morgan fingerprint density at radius 3 is 2.03 bits per heavy atom. The second-order valence-electron chi connectivity index (χ2n) is 9.90. The van der Waals surface area contributed by atoms with Crippen LogP contribution in [0.5, 0.6) is 0 Å². The highest BCUT2D eigenvalue weighted by Gasteiger charge is 2.17. The van der Waals surface area contributed by atoms with Gasteiger partial charge in [-0.2, -0.15) is 0 Å². The second kappa shape index (κ2) is 7.59. The lowest BCUT2D eigenvalue weighted by atomic mass is 9.97. The summed E-state index contributed by atoms with van der Waals surface area (Å²) in [5, 5.41) is 7.72. The minimum Gasteiger partial charge on any atom is -0.344 e. The lowest BCUT2D eigenvalue weighted by Gasteiger charge is -2.10. The molecule has 0 unspecified atom stereocenters. The summed E-state index contributed by atoms with van der Waals surface area (Å²) in [7, 11) is 2.18. The van der Waals surface area contributed by atoms with Crippen molar-refractivity contribution in [2.45, 2.75) is 0 Å². The lowest BCUT2D eigenvalue weighted by Crippen LogP contribution is -1.93. The van der Waals surface area contributed by atoms with Gasteiger partial charge in [0.25, 0.3) is 0 Å². The average Bonchev–Trinajstić information content (AvgIpc) is 3.44. The first-order valence-corrected chi connectivity index (χ1v) is 12.8. The van der Waals surface area contributed by atoms with Crippen molar-refractivity contribution in [3.05, 3.63) is 127 Å². The van der Waals surface area contributed by atoms with Gasteiger partial charge >= 0.3 is 0 Å². The normalized spacial score (nSPS) is 11.9. The standard InChI is InChI=1S/C35H24N2/c1-36-32-17-9-15-27(35(32)30-20-23-10-5-6-11-24(23)21-33(30)36)25-18-19-29-28-14-7-8-16-31(28)37(34(29)22-25)26-12-3-2-4-13-26/h2-22H,1H3. The monoisotopic (exact) mass is 472 g/mol. The first-order chi connectivity index (χ1) is 18.3. The Balaban J connectivity index is 1.47. The zero-order chi connectivity index (χ0) is 24.5. The predicted molar refractivity (Wildman–Crippen MR) is 158 cm³/mol. The van der Waals surface area contributed by atoms with Crippen LogP contribution in [0.25, 0.3) is 71.2 Å². The third-order valence-corrected chi connectivity index (χ3v) is 7.90. The van der Waals surface area contributed by atoms with Crippen LogP contribution in [0.15, 0.2) is 127 Å². The maximum atomic E-state index is 2.39. The van der Waals surface area contributed by atoms with Crippen LogP contribution in [0.2, 0.25) is 0 Å². The molecule has 2 heteroatoms. The molecule has 2 aromatic heterocycles. The van der Waals surface area contributed by atoms with Gasteiger partial charge in [0.2, 0.25) is 0 Å². The van der Waals surface area contributed by atoms with Crippen LogP contribution in [-0.4, -0.2) is 9.13 Å². The SMILES string of the molecule is Cn1c2cc3ccccc3cc2c2c(-c3ccc4c5ccccc5n(-c5ccccc5)c4c3)cccc21. The molecule has 8 rings (SSSR count). The van der Waals surface area contributed by atoms with Crippen LogP contribution >= 0.6 is 0 Å². The van der Waals surface area contributed by atoms with Crippen molar-refractivity contribution in [3.8, 4) is 16.8 Å². The molecule has 8 aromatic rings. The minimum atomic E-state index is 1.18. The Morgan fingerprint density at radius 1 is 0.459 bits per heavy atom. The summed E-state index contributed by atoms with van der Waals surface area (Å²) in [5.74, 6) is 0. The van der Waals surface area contributed by atoms with Gasteiger partial charge in [0.1, 0.15) is 0 Å². The van der Waals surface area contributed by atoms with E-state index < -0.39 is 0 Å². The number of nitrogens with zero attached hydrogens (tertiary/aromatic N) is 2. The largest absolute Gasteiger partial charge is 0.344 e. The van der Waals surface area contributed by atoms with E-state index in [1.54, 1.807) is 0 Å². The number of rotatable bonds is 2. The van der Waals surface area contributed by atoms with Crippen molar-refractivity contribution >= 4 is 54.4 Å². The van der Waals surface area contributed by atoms with Crippen LogP contribution < -0.4 is 0 Å².